The topological polar surface area (TPSA) is 54.0 Å². The first-order valence-electron chi connectivity index (χ1n) is 11.3. The van der Waals surface area contributed by atoms with E-state index in [1.165, 1.54) is 10.9 Å². The smallest absolute Gasteiger partial charge is 0.251 e. The van der Waals surface area contributed by atoms with Gasteiger partial charge in [0.25, 0.3) is 5.91 Å². The summed E-state index contributed by atoms with van der Waals surface area (Å²) >= 11 is 1.68. The van der Waals surface area contributed by atoms with Crippen molar-refractivity contribution in [3.05, 3.63) is 76.2 Å². The van der Waals surface area contributed by atoms with E-state index in [1.54, 1.807) is 49.8 Å². The van der Waals surface area contributed by atoms with Gasteiger partial charge in [0.2, 0.25) is 0 Å². The summed E-state index contributed by atoms with van der Waals surface area (Å²) in [6.45, 7) is 5.02. The fraction of sp³-hybridized carbons (Fsp3) is 0.346. The lowest BCUT2D eigenvalue weighted by Crippen LogP contribution is -2.52. The molecular formula is C26H30FN3O3S. The van der Waals surface area contributed by atoms with Crippen molar-refractivity contribution in [2.75, 3.05) is 45.3 Å². The second-order valence-corrected chi connectivity index (χ2v) is 9.25. The average molecular weight is 484 g/mol. The van der Waals surface area contributed by atoms with Gasteiger partial charge in [-0.15, -0.1) is 11.3 Å². The van der Waals surface area contributed by atoms with Crippen molar-refractivity contribution < 1.29 is 18.7 Å². The number of thiophene rings is 1. The SMILES string of the molecule is COc1ccc(C(=O)N[C@H](C)[C@H](c2cccs2)N2CCN(c3ccccc3F)CC2)cc1OC. The van der Waals surface area contributed by atoms with E-state index in [-0.39, 0.29) is 23.8 Å². The fourth-order valence-electron chi connectivity index (χ4n) is 4.50. The van der Waals surface area contributed by atoms with Crippen LogP contribution in [0.2, 0.25) is 0 Å². The first-order chi connectivity index (χ1) is 16.5. The molecule has 0 aliphatic carbocycles. The molecule has 6 nitrogen and oxygen atoms in total. The Morgan fingerprint density at radius 3 is 2.38 bits per heavy atom. The maximum absolute atomic E-state index is 14.3. The third-order valence-corrected chi connectivity index (χ3v) is 7.16. The molecule has 1 saturated heterocycles. The molecule has 1 fully saturated rings. The third-order valence-electron chi connectivity index (χ3n) is 6.21. The van der Waals surface area contributed by atoms with E-state index in [2.05, 4.69) is 26.6 Å². The number of amides is 1. The standard InChI is InChI=1S/C26H30FN3O3S/c1-18(28-26(31)19-10-11-22(32-2)23(17-19)33-3)25(24-9-6-16-34-24)30-14-12-29(13-15-30)21-8-5-4-7-20(21)27/h4-11,16-18,25H,12-15H2,1-3H3,(H,28,31)/t18-,25-/m1/s1. The van der Waals surface area contributed by atoms with Crippen LogP contribution in [-0.2, 0) is 0 Å². The van der Waals surface area contributed by atoms with Crippen LogP contribution in [0.15, 0.2) is 60.0 Å². The van der Waals surface area contributed by atoms with E-state index < -0.39 is 0 Å². The summed E-state index contributed by atoms with van der Waals surface area (Å²) in [6.07, 6.45) is 0. The number of halogens is 1. The highest BCUT2D eigenvalue weighted by Gasteiger charge is 2.31. The number of benzene rings is 2. The van der Waals surface area contributed by atoms with Crippen LogP contribution in [0, 0.1) is 5.82 Å². The van der Waals surface area contributed by atoms with Crippen molar-refractivity contribution in [3.63, 3.8) is 0 Å². The molecule has 2 heterocycles. The van der Waals surface area contributed by atoms with Crippen molar-refractivity contribution in [1.29, 1.82) is 0 Å². The largest absolute Gasteiger partial charge is 0.493 e. The number of anilines is 1. The zero-order valence-electron chi connectivity index (χ0n) is 19.7. The van der Waals surface area contributed by atoms with Crippen LogP contribution >= 0.6 is 11.3 Å². The van der Waals surface area contributed by atoms with Crippen LogP contribution in [0.5, 0.6) is 11.5 Å². The average Bonchev–Trinajstić information content (AvgIpc) is 3.39. The van der Waals surface area contributed by atoms with Gasteiger partial charge in [0.1, 0.15) is 5.82 Å². The highest BCUT2D eigenvalue weighted by Crippen LogP contribution is 2.32. The number of piperazine rings is 1. The van der Waals surface area contributed by atoms with Crippen molar-refractivity contribution in [1.82, 2.24) is 10.2 Å². The van der Waals surface area contributed by atoms with Gasteiger partial charge in [-0.3, -0.25) is 9.69 Å². The number of ether oxygens (including phenoxy) is 2. The van der Waals surface area contributed by atoms with Gasteiger partial charge in [-0.1, -0.05) is 18.2 Å². The highest BCUT2D eigenvalue weighted by atomic mass is 32.1. The Morgan fingerprint density at radius 1 is 1.00 bits per heavy atom. The minimum Gasteiger partial charge on any atom is -0.493 e. The second-order valence-electron chi connectivity index (χ2n) is 8.27. The Bertz CT molecular complexity index is 1100. The molecule has 4 rings (SSSR count). The molecular weight excluding hydrogens is 453 g/mol. The maximum atomic E-state index is 14.3. The summed E-state index contributed by atoms with van der Waals surface area (Å²) < 4.78 is 24.9. The normalized spacial score (nSPS) is 16.1. The molecule has 2 atom stereocenters. The molecule has 34 heavy (non-hydrogen) atoms. The molecule has 1 amide bonds. The number of hydrogen-bond acceptors (Lipinski definition) is 6. The Hall–Kier alpha value is -3.10. The lowest BCUT2D eigenvalue weighted by Gasteiger charge is -2.42. The Kier molecular flexibility index (Phi) is 7.70. The van der Waals surface area contributed by atoms with E-state index in [9.17, 15) is 9.18 Å². The van der Waals surface area contributed by atoms with Crippen LogP contribution in [0.3, 0.4) is 0 Å². The van der Waals surface area contributed by atoms with Gasteiger partial charge in [-0.25, -0.2) is 4.39 Å². The van der Waals surface area contributed by atoms with Crippen molar-refractivity contribution in [2.45, 2.75) is 19.0 Å². The number of carbonyl (C=O) groups excluding carboxylic acids is 1. The second kappa shape index (κ2) is 10.9. The molecule has 1 aliphatic heterocycles. The summed E-state index contributed by atoms with van der Waals surface area (Å²) in [4.78, 5) is 18.7. The highest BCUT2D eigenvalue weighted by molar-refractivity contribution is 7.10. The van der Waals surface area contributed by atoms with E-state index in [0.29, 0.717) is 22.7 Å². The first-order valence-corrected chi connectivity index (χ1v) is 12.2. The van der Waals surface area contributed by atoms with Gasteiger partial charge >= 0.3 is 0 Å². The third kappa shape index (κ3) is 5.18. The number of rotatable bonds is 8. The van der Waals surface area contributed by atoms with Gasteiger partial charge in [-0.05, 0) is 48.7 Å². The first kappa shape index (κ1) is 24.0. The van der Waals surface area contributed by atoms with Gasteiger partial charge in [-0.2, -0.15) is 0 Å². The van der Waals surface area contributed by atoms with Crippen molar-refractivity contribution >= 4 is 22.9 Å². The van der Waals surface area contributed by atoms with Gasteiger partial charge in [0.15, 0.2) is 11.5 Å². The molecule has 2 aromatic carbocycles. The number of para-hydroxylation sites is 1. The molecule has 0 radical (unpaired) electrons. The number of carbonyl (C=O) groups is 1. The number of nitrogens with one attached hydrogen (secondary N) is 1. The molecule has 0 bridgehead atoms. The lowest BCUT2D eigenvalue weighted by molar-refractivity contribution is 0.0890. The van der Waals surface area contributed by atoms with Crippen LogP contribution in [-0.4, -0.2) is 57.2 Å². The molecule has 0 saturated carbocycles. The van der Waals surface area contributed by atoms with Gasteiger partial charge in [0.05, 0.1) is 25.9 Å². The van der Waals surface area contributed by atoms with Crippen LogP contribution < -0.4 is 19.7 Å². The molecule has 8 heteroatoms. The number of nitrogens with zero attached hydrogens (tertiary/aromatic N) is 2. The van der Waals surface area contributed by atoms with Crippen LogP contribution in [0.1, 0.15) is 28.2 Å². The predicted molar refractivity (Wildman–Crippen MR) is 134 cm³/mol. The van der Waals surface area contributed by atoms with Crippen molar-refractivity contribution in [3.8, 4) is 11.5 Å². The lowest BCUT2D eigenvalue weighted by atomic mass is 10.0. The number of methoxy groups -OCH3 is 2. The summed E-state index contributed by atoms with van der Waals surface area (Å²) in [5, 5.41) is 5.24. The summed E-state index contributed by atoms with van der Waals surface area (Å²) in [7, 11) is 3.12. The fourth-order valence-corrected chi connectivity index (χ4v) is 5.46. The summed E-state index contributed by atoms with van der Waals surface area (Å²) in [5.74, 6) is 0.736. The summed E-state index contributed by atoms with van der Waals surface area (Å²) in [5.41, 5.74) is 1.16. The molecule has 1 aliphatic rings. The quantitative estimate of drug-likeness (QED) is 0.508. The maximum Gasteiger partial charge on any atom is 0.251 e. The zero-order valence-corrected chi connectivity index (χ0v) is 20.5. The zero-order chi connectivity index (χ0) is 24.1. The summed E-state index contributed by atoms with van der Waals surface area (Å²) in [6, 6.07) is 16.1. The number of hydrogen-bond donors (Lipinski definition) is 1. The molecule has 0 spiro atoms. The van der Waals surface area contributed by atoms with Gasteiger partial charge in [0, 0.05) is 42.7 Å². The minimum atomic E-state index is -0.193. The monoisotopic (exact) mass is 483 g/mol. The van der Waals surface area contributed by atoms with E-state index in [0.717, 1.165) is 26.2 Å². The predicted octanol–water partition coefficient (Wildman–Crippen LogP) is 4.59. The molecule has 1 N–H and O–H groups in total. The van der Waals surface area contributed by atoms with Gasteiger partial charge < -0.3 is 19.7 Å². The van der Waals surface area contributed by atoms with E-state index >= 15 is 0 Å². The van der Waals surface area contributed by atoms with E-state index in [4.69, 9.17) is 9.47 Å². The Balaban J connectivity index is 1.48. The van der Waals surface area contributed by atoms with Crippen molar-refractivity contribution in [2.24, 2.45) is 0 Å². The minimum absolute atomic E-state index is 0.0202. The van der Waals surface area contributed by atoms with E-state index in [1.807, 2.05) is 25.1 Å². The van der Waals surface area contributed by atoms with Crippen LogP contribution in [0.4, 0.5) is 10.1 Å². The molecule has 0 unspecified atom stereocenters. The molecule has 1 aromatic heterocycles. The Labute approximate surface area is 203 Å². The van der Waals surface area contributed by atoms with Crippen LogP contribution in [0.25, 0.3) is 0 Å². The Morgan fingerprint density at radius 2 is 1.74 bits per heavy atom. The molecule has 3 aromatic rings. The molecule has 180 valence electrons.